The van der Waals surface area contributed by atoms with Crippen LogP contribution in [0.5, 0.6) is 0 Å². The predicted octanol–water partition coefficient (Wildman–Crippen LogP) is 6.30. The lowest BCUT2D eigenvalue weighted by Crippen LogP contribution is -2.22. The first kappa shape index (κ1) is 17.9. The molecule has 0 fully saturated rings. The minimum atomic E-state index is -0.649. The third kappa shape index (κ3) is 4.19. The van der Waals surface area contributed by atoms with Crippen molar-refractivity contribution >= 4 is 11.6 Å². The van der Waals surface area contributed by atoms with Crippen molar-refractivity contribution in [3.05, 3.63) is 138 Å². The summed E-state index contributed by atoms with van der Waals surface area (Å²) in [5.74, 6) is 0. The minimum Gasteiger partial charge on any atom is -0.265 e. The van der Waals surface area contributed by atoms with Gasteiger partial charge in [-0.15, -0.1) is 11.6 Å². The average molecular weight is 358 g/mol. The maximum Gasteiger partial charge on any atom is 0.119 e. The summed E-state index contributed by atoms with van der Waals surface area (Å²) in [6.07, 6.45) is 3.50. The molecular formula is C24H20ClN. The van der Waals surface area contributed by atoms with Crippen molar-refractivity contribution in [2.24, 2.45) is 0 Å². The molecule has 2 heteroatoms. The van der Waals surface area contributed by atoms with Crippen LogP contribution in [-0.2, 0) is 4.87 Å². The normalized spacial score (nSPS) is 10.5. The molecule has 0 amide bonds. The van der Waals surface area contributed by atoms with Crippen LogP contribution in [0.4, 0.5) is 0 Å². The van der Waals surface area contributed by atoms with Crippen molar-refractivity contribution in [2.45, 2.75) is 4.87 Å². The number of alkyl halides is 1. The quantitative estimate of drug-likeness (QED) is 0.310. The van der Waals surface area contributed by atoms with Crippen molar-refractivity contribution < 1.29 is 0 Å². The first-order valence-electron chi connectivity index (χ1n) is 8.52. The van der Waals surface area contributed by atoms with E-state index in [9.17, 15) is 0 Å². The highest BCUT2D eigenvalue weighted by atomic mass is 35.5. The van der Waals surface area contributed by atoms with Crippen molar-refractivity contribution in [3.63, 3.8) is 0 Å². The Bertz CT molecular complexity index is 755. The first-order chi connectivity index (χ1) is 12.8. The van der Waals surface area contributed by atoms with E-state index in [0.717, 1.165) is 16.7 Å². The molecule has 0 bridgehead atoms. The highest BCUT2D eigenvalue weighted by Crippen LogP contribution is 2.42. The second-order valence-corrected chi connectivity index (χ2v) is 6.35. The number of pyridine rings is 1. The molecule has 0 aliphatic rings. The van der Waals surface area contributed by atoms with Gasteiger partial charge in [-0.05, 0) is 28.8 Å². The van der Waals surface area contributed by atoms with Gasteiger partial charge in [-0.1, -0.05) is 97.1 Å². The van der Waals surface area contributed by atoms with Crippen molar-refractivity contribution in [1.29, 1.82) is 0 Å². The van der Waals surface area contributed by atoms with Crippen LogP contribution in [0.15, 0.2) is 122 Å². The zero-order valence-electron chi connectivity index (χ0n) is 14.4. The Kier molecular flexibility index (Phi) is 6.19. The van der Waals surface area contributed by atoms with E-state index in [1.54, 1.807) is 12.4 Å². The number of hydrogen-bond acceptors (Lipinski definition) is 1. The number of aromatic nitrogens is 1. The van der Waals surface area contributed by atoms with Gasteiger partial charge in [0.1, 0.15) is 4.87 Å². The molecule has 0 unspecified atom stereocenters. The molecule has 0 saturated heterocycles. The van der Waals surface area contributed by atoms with Crippen molar-refractivity contribution in [2.75, 3.05) is 0 Å². The monoisotopic (exact) mass is 357 g/mol. The van der Waals surface area contributed by atoms with Crippen LogP contribution in [0, 0.1) is 0 Å². The Balaban J connectivity index is 0.000000278. The van der Waals surface area contributed by atoms with E-state index in [0.29, 0.717) is 0 Å². The third-order valence-electron chi connectivity index (χ3n) is 4.08. The van der Waals surface area contributed by atoms with Crippen LogP contribution in [0.3, 0.4) is 0 Å². The number of hydrogen-bond donors (Lipinski definition) is 0. The Hall–Kier alpha value is -2.90. The Morgan fingerprint density at radius 3 is 1.00 bits per heavy atom. The van der Waals surface area contributed by atoms with E-state index in [1.807, 2.05) is 72.8 Å². The van der Waals surface area contributed by atoms with Gasteiger partial charge in [0.15, 0.2) is 0 Å². The highest BCUT2D eigenvalue weighted by Gasteiger charge is 2.33. The van der Waals surface area contributed by atoms with Gasteiger partial charge in [0.25, 0.3) is 0 Å². The summed E-state index contributed by atoms with van der Waals surface area (Å²) in [7, 11) is 0. The van der Waals surface area contributed by atoms with Crippen LogP contribution in [0.2, 0.25) is 0 Å². The molecule has 0 radical (unpaired) electrons. The molecule has 1 nitrogen and oxygen atoms in total. The van der Waals surface area contributed by atoms with Gasteiger partial charge in [-0.3, -0.25) is 4.98 Å². The lowest BCUT2D eigenvalue weighted by atomic mass is 9.84. The third-order valence-corrected chi connectivity index (χ3v) is 4.74. The van der Waals surface area contributed by atoms with E-state index in [4.69, 9.17) is 11.6 Å². The van der Waals surface area contributed by atoms with Crippen LogP contribution >= 0.6 is 11.6 Å². The summed E-state index contributed by atoms with van der Waals surface area (Å²) in [5.41, 5.74) is 3.25. The van der Waals surface area contributed by atoms with E-state index in [2.05, 4.69) is 41.4 Å². The summed E-state index contributed by atoms with van der Waals surface area (Å²) in [6.45, 7) is 0. The molecule has 1 aromatic heterocycles. The average Bonchev–Trinajstić information content (AvgIpc) is 2.77. The molecule has 0 N–H and O–H groups in total. The van der Waals surface area contributed by atoms with E-state index < -0.39 is 4.87 Å². The molecule has 4 rings (SSSR count). The Morgan fingerprint density at radius 2 is 0.769 bits per heavy atom. The maximum atomic E-state index is 7.12. The van der Waals surface area contributed by atoms with Gasteiger partial charge in [0, 0.05) is 12.4 Å². The summed E-state index contributed by atoms with van der Waals surface area (Å²) in [6, 6.07) is 36.4. The smallest absolute Gasteiger partial charge is 0.119 e. The molecule has 4 aromatic rings. The Labute approximate surface area is 159 Å². The number of rotatable bonds is 3. The molecule has 0 aliphatic heterocycles. The number of nitrogens with zero attached hydrogens (tertiary/aromatic N) is 1. The molecule has 0 spiro atoms. The zero-order chi connectivity index (χ0) is 18.1. The van der Waals surface area contributed by atoms with Gasteiger partial charge in [0.2, 0.25) is 0 Å². The molecule has 0 saturated carbocycles. The first-order valence-corrected chi connectivity index (χ1v) is 8.90. The zero-order valence-corrected chi connectivity index (χ0v) is 15.1. The van der Waals surface area contributed by atoms with Gasteiger partial charge < -0.3 is 0 Å². The van der Waals surface area contributed by atoms with Crippen LogP contribution in [0.1, 0.15) is 16.7 Å². The van der Waals surface area contributed by atoms with Crippen molar-refractivity contribution in [1.82, 2.24) is 4.98 Å². The second kappa shape index (κ2) is 8.98. The van der Waals surface area contributed by atoms with E-state index in [1.165, 1.54) is 0 Å². The summed E-state index contributed by atoms with van der Waals surface area (Å²) in [4.78, 5) is 3.14. The van der Waals surface area contributed by atoms with Gasteiger partial charge in [-0.2, -0.15) is 0 Å². The van der Waals surface area contributed by atoms with Gasteiger partial charge in [-0.25, -0.2) is 0 Å². The number of halogens is 1. The van der Waals surface area contributed by atoms with Gasteiger partial charge >= 0.3 is 0 Å². The van der Waals surface area contributed by atoms with Gasteiger partial charge in [0.05, 0.1) is 0 Å². The fourth-order valence-electron chi connectivity index (χ4n) is 2.82. The molecule has 3 aromatic carbocycles. The molecule has 0 aliphatic carbocycles. The molecule has 0 atom stereocenters. The van der Waals surface area contributed by atoms with Crippen molar-refractivity contribution in [3.8, 4) is 0 Å². The second-order valence-electron chi connectivity index (χ2n) is 5.78. The fourth-order valence-corrected chi connectivity index (χ4v) is 3.19. The summed E-state index contributed by atoms with van der Waals surface area (Å²) in [5, 5.41) is 0. The summed E-state index contributed by atoms with van der Waals surface area (Å²) >= 11 is 7.12. The lowest BCUT2D eigenvalue weighted by molar-refractivity contribution is 0.879. The SMILES string of the molecule is ClC(c1ccccc1)(c1ccccc1)c1ccccc1.c1ccncc1. The van der Waals surface area contributed by atoms with E-state index >= 15 is 0 Å². The Morgan fingerprint density at radius 1 is 0.462 bits per heavy atom. The molecule has 26 heavy (non-hydrogen) atoms. The van der Waals surface area contributed by atoms with Crippen LogP contribution in [-0.4, -0.2) is 4.98 Å². The summed E-state index contributed by atoms with van der Waals surface area (Å²) < 4.78 is 0. The van der Waals surface area contributed by atoms with Crippen LogP contribution in [0.25, 0.3) is 0 Å². The largest absolute Gasteiger partial charge is 0.265 e. The highest BCUT2D eigenvalue weighted by molar-refractivity contribution is 6.28. The maximum absolute atomic E-state index is 7.12. The molecular weight excluding hydrogens is 338 g/mol. The van der Waals surface area contributed by atoms with Crippen LogP contribution < -0.4 is 0 Å². The molecule has 1 heterocycles. The fraction of sp³-hybridized carbons (Fsp3) is 0.0417. The lowest BCUT2D eigenvalue weighted by Gasteiger charge is -2.29. The number of benzene rings is 3. The predicted molar refractivity (Wildman–Crippen MR) is 109 cm³/mol. The molecule has 128 valence electrons. The standard InChI is InChI=1S/C19H15Cl.C5H5N/c20-19(16-10-4-1-5-11-16,17-12-6-2-7-13-17)18-14-8-3-9-15-18;1-2-4-6-5-3-1/h1-15H;1-5H. The topological polar surface area (TPSA) is 12.9 Å². The minimum absolute atomic E-state index is 0.649. The van der Waals surface area contributed by atoms with E-state index in [-0.39, 0.29) is 0 Å².